The minimum atomic E-state index is -1.36. The maximum atomic E-state index is 13.2. The Hall–Kier alpha value is -3.85. The zero-order valence-corrected chi connectivity index (χ0v) is 21.7. The minimum Gasteiger partial charge on any atom is -0.508 e. The van der Waals surface area contributed by atoms with Crippen LogP contribution in [0.15, 0.2) is 24.3 Å². The van der Waals surface area contributed by atoms with Gasteiger partial charge in [0.05, 0.1) is 12.5 Å². The lowest BCUT2D eigenvalue weighted by Crippen LogP contribution is -2.58. The molecule has 15 heteroatoms. The third-order valence-corrected chi connectivity index (χ3v) is 5.95. The predicted molar refractivity (Wildman–Crippen MR) is 138 cm³/mol. The number of primary amides is 2. The zero-order valence-electron chi connectivity index (χ0n) is 20.8. The van der Waals surface area contributed by atoms with Crippen LogP contribution in [0.3, 0.4) is 0 Å². The van der Waals surface area contributed by atoms with E-state index in [2.05, 4.69) is 16.0 Å². The quantitative estimate of drug-likeness (QED) is 0.102. The van der Waals surface area contributed by atoms with Gasteiger partial charge in [-0.1, -0.05) is 12.1 Å². The van der Waals surface area contributed by atoms with Gasteiger partial charge in [-0.3, -0.25) is 24.0 Å². The second kappa shape index (κ2) is 16.1. The molecule has 1 rings (SSSR count). The zero-order chi connectivity index (χ0) is 28.8. The average Bonchev–Trinajstić information content (AvgIpc) is 2.83. The van der Waals surface area contributed by atoms with Crippen LogP contribution in [0.4, 0.5) is 0 Å². The first kappa shape index (κ1) is 32.2. The molecule has 0 fully saturated rings. The van der Waals surface area contributed by atoms with E-state index < -0.39 is 66.1 Å². The van der Waals surface area contributed by atoms with E-state index in [-0.39, 0.29) is 31.4 Å². The Labute approximate surface area is 223 Å². The maximum absolute atomic E-state index is 13.2. The molecule has 4 atom stereocenters. The van der Waals surface area contributed by atoms with Crippen molar-refractivity contribution in [1.29, 1.82) is 0 Å². The number of carboxylic acid groups (broad SMARTS) is 1. The van der Waals surface area contributed by atoms with E-state index in [1.165, 1.54) is 36.0 Å². The van der Waals surface area contributed by atoms with Gasteiger partial charge in [0.25, 0.3) is 0 Å². The Morgan fingerprint density at radius 3 is 1.92 bits per heavy atom. The number of rotatable bonds is 17. The largest absolute Gasteiger partial charge is 0.508 e. The van der Waals surface area contributed by atoms with Gasteiger partial charge < -0.3 is 43.4 Å². The van der Waals surface area contributed by atoms with E-state index in [0.717, 1.165) is 0 Å². The number of carboxylic acids is 1. The summed E-state index contributed by atoms with van der Waals surface area (Å²) in [6.07, 6.45) is 0.791. The van der Waals surface area contributed by atoms with Crippen LogP contribution in [-0.2, 0) is 35.2 Å². The topological polar surface area (TPSA) is 257 Å². The molecule has 0 saturated carbocycles. The lowest BCUT2D eigenvalue weighted by molar-refractivity contribution is -0.142. The first-order chi connectivity index (χ1) is 17.8. The summed E-state index contributed by atoms with van der Waals surface area (Å²) < 4.78 is 0. The summed E-state index contributed by atoms with van der Waals surface area (Å²) in [6.45, 7) is 0. The molecule has 11 N–H and O–H groups in total. The Kier molecular flexibility index (Phi) is 13.6. The van der Waals surface area contributed by atoms with Crippen LogP contribution < -0.4 is 33.2 Å². The predicted octanol–water partition coefficient (Wildman–Crippen LogP) is -2.30. The highest BCUT2D eigenvalue weighted by atomic mass is 32.2. The number of nitrogens with one attached hydrogen (secondary N) is 3. The molecule has 0 aromatic heterocycles. The van der Waals surface area contributed by atoms with E-state index in [1.54, 1.807) is 6.26 Å². The fraction of sp³-hybridized carbons (Fsp3) is 0.478. The molecular weight excluding hydrogens is 520 g/mol. The Morgan fingerprint density at radius 1 is 0.842 bits per heavy atom. The van der Waals surface area contributed by atoms with Crippen molar-refractivity contribution >= 4 is 47.3 Å². The van der Waals surface area contributed by atoms with Gasteiger partial charge in [-0.25, -0.2) is 4.79 Å². The minimum absolute atomic E-state index is 0.0279. The summed E-state index contributed by atoms with van der Waals surface area (Å²) in [5.74, 6) is -4.99. The summed E-state index contributed by atoms with van der Waals surface area (Å²) in [7, 11) is 0. The number of hydrogen-bond acceptors (Lipinski definition) is 9. The van der Waals surface area contributed by atoms with E-state index in [0.29, 0.717) is 11.3 Å². The average molecular weight is 555 g/mol. The monoisotopic (exact) mass is 554 g/mol. The van der Waals surface area contributed by atoms with Crippen LogP contribution in [0.25, 0.3) is 0 Å². The molecule has 1 aromatic rings. The van der Waals surface area contributed by atoms with Crippen LogP contribution in [-0.4, -0.2) is 81.9 Å². The molecule has 14 nitrogen and oxygen atoms in total. The number of aliphatic carboxylic acids is 1. The highest BCUT2D eigenvalue weighted by molar-refractivity contribution is 7.98. The molecule has 1 aromatic carbocycles. The van der Waals surface area contributed by atoms with Gasteiger partial charge in [0.15, 0.2) is 0 Å². The van der Waals surface area contributed by atoms with Crippen molar-refractivity contribution in [3.63, 3.8) is 0 Å². The van der Waals surface area contributed by atoms with Crippen molar-refractivity contribution in [2.24, 2.45) is 17.2 Å². The normalized spacial score (nSPS) is 13.8. The number of hydrogen-bond donors (Lipinski definition) is 8. The number of phenolic OH excluding ortho intramolecular Hbond substituents is 1. The molecule has 0 radical (unpaired) electrons. The first-order valence-corrected chi connectivity index (χ1v) is 13.0. The van der Waals surface area contributed by atoms with Gasteiger partial charge in [0, 0.05) is 12.8 Å². The maximum Gasteiger partial charge on any atom is 0.326 e. The van der Waals surface area contributed by atoms with Crippen LogP contribution in [0.5, 0.6) is 5.75 Å². The van der Waals surface area contributed by atoms with Crippen molar-refractivity contribution in [3.05, 3.63) is 29.8 Å². The number of aromatic hydroxyl groups is 1. The number of amides is 5. The molecule has 38 heavy (non-hydrogen) atoms. The second-order valence-corrected chi connectivity index (χ2v) is 9.44. The highest BCUT2D eigenvalue weighted by Gasteiger charge is 2.31. The van der Waals surface area contributed by atoms with Gasteiger partial charge >= 0.3 is 5.97 Å². The van der Waals surface area contributed by atoms with Crippen LogP contribution in [0.2, 0.25) is 0 Å². The number of benzene rings is 1. The molecule has 0 aliphatic rings. The van der Waals surface area contributed by atoms with E-state index >= 15 is 0 Å². The third-order valence-electron chi connectivity index (χ3n) is 5.30. The standard InChI is InChI=1S/C23H34N6O8S/c1-38-9-8-16(23(36)37)28-21(34)15(6-7-18(25)31)27-22(35)17(10-12-2-4-13(30)5-3-12)29-20(33)14(24)11-19(26)32/h2-5,14-17,30H,6-11,24H2,1H3,(H2,25,31)(H2,26,32)(H,27,35)(H,28,34)(H,29,33)(H,36,37). The van der Waals surface area contributed by atoms with Crippen LogP contribution in [0.1, 0.15) is 31.2 Å². The Bertz CT molecular complexity index is 1010. The molecule has 0 heterocycles. The van der Waals surface area contributed by atoms with Crippen molar-refractivity contribution < 1.29 is 39.0 Å². The molecule has 0 spiro atoms. The molecule has 4 unspecified atom stereocenters. The summed E-state index contributed by atoms with van der Waals surface area (Å²) in [5, 5.41) is 26.1. The number of phenols is 1. The molecule has 0 saturated heterocycles. The number of thioether (sulfide) groups is 1. The second-order valence-electron chi connectivity index (χ2n) is 8.46. The Balaban J connectivity index is 3.16. The highest BCUT2D eigenvalue weighted by Crippen LogP contribution is 2.12. The van der Waals surface area contributed by atoms with Gasteiger partial charge in [-0.05, 0) is 42.5 Å². The fourth-order valence-electron chi connectivity index (χ4n) is 3.26. The van der Waals surface area contributed by atoms with Crippen molar-refractivity contribution in [2.75, 3.05) is 12.0 Å². The van der Waals surface area contributed by atoms with Crippen LogP contribution >= 0.6 is 11.8 Å². The number of carbonyl (C=O) groups excluding carboxylic acids is 5. The lowest BCUT2D eigenvalue weighted by atomic mass is 10.0. The molecular formula is C23H34N6O8S. The molecule has 0 bridgehead atoms. The fourth-order valence-corrected chi connectivity index (χ4v) is 3.73. The van der Waals surface area contributed by atoms with Crippen molar-refractivity contribution in [2.45, 2.75) is 56.3 Å². The van der Waals surface area contributed by atoms with Gasteiger partial charge in [0.1, 0.15) is 23.9 Å². The van der Waals surface area contributed by atoms with E-state index in [1.807, 2.05) is 0 Å². The smallest absolute Gasteiger partial charge is 0.326 e. The SMILES string of the molecule is CSCCC(NC(=O)C(CCC(N)=O)NC(=O)C(Cc1ccc(O)cc1)NC(=O)C(N)CC(N)=O)C(=O)O. The van der Waals surface area contributed by atoms with Crippen molar-refractivity contribution in [3.8, 4) is 5.75 Å². The van der Waals surface area contributed by atoms with Gasteiger partial charge in [0.2, 0.25) is 29.5 Å². The van der Waals surface area contributed by atoms with Crippen molar-refractivity contribution in [1.82, 2.24) is 16.0 Å². The molecule has 0 aliphatic carbocycles. The summed E-state index contributed by atoms with van der Waals surface area (Å²) in [5.41, 5.74) is 16.5. The molecule has 0 aliphatic heterocycles. The molecule has 5 amide bonds. The first-order valence-electron chi connectivity index (χ1n) is 11.6. The summed E-state index contributed by atoms with van der Waals surface area (Å²) in [6, 6.07) is 0.512. The Morgan fingerprint density at radius 2 is 1.39 bits per heavy atom. The molecule has 210 valence electrons. The number of nitrogens with two attached hydrogens (primary N) is 3. The summed E-state index contributed by atoms with van der Waals surface area (Å²) >= 11 is 1.38. The summed E-state index contributed by atoms with van der Waals surface area (Å²) in [4.78, 5) is 72.7. The lowest BCUT2D eigenvalue weighted by Gasteiger charge is -2.25. The van der Waals surface area contributed by atoms with E-state index in [9.17, 15) is 39.0 Å². The van der Waals surface area contributed by atoms with E-state index in [4.69, 9.17) is 17.2 Å². The number of carbonyl (C=O) groups is 6. The van der Waals surface area contributed by atoms with Gasteiger partial charge in [-0.15, -0.1) is 0 Å². The van der Waals surface area contributed by atoms with Crippen LogP contribution in [0, 0.1) is 0 Å². The third kappa shape index (κ3) is 11.9. The van der Waals surface area contributed by atoms with Gasteiger partial charge in [-0.2, -0.15) is 11.8 Å².